The van der Waals surface area contributed by atoms with Crippen LogP contribution in [0, 0.1) is 0 Å². The molecule has 0 aromatic carbocycles. The maximum absolute atomic E-state index is 12.6. The van der Waals surface area contributed by atoms with Gasteiger partial charge in [0.05, 0.1) is 31.3 Å². The van der Waals surface area contributed by atoms with E-state index in [9.17, 15) is 20.1 Å². The van der Waals surface area contributed by atoms with Crippen LogP contribution in [0.3, 0.4) is 0 Å². The van der Waals surface area contributed by atoms with E-state index in [1.807, 2.05) is 0 Å². The Morgan fingerprint density at radius 2 is 0.523 bits per heavy atom. The molecule has 0 saturated heterocycles. The molecule has 0 saturated carbocycles. The second kappa shape index (κ2) is 55.9. The van der Waals surface area contributed by atoms with Gasteiger partial charge in [0, 0.05) is 0 Å². The third-order valence-corrected chi connectivity index (χ3v) is 14.7. The lowest BCUT2D eigenvalue weighted by molar-refractivity contribution is -0.125. The van der Waals surface area contributed by atoms with Crippen molar-refractivity contribution in [2.45, 2.75) is 372 Å². The van der Waals surface area contributed by atoms with Gasteiger partial charge in [-0.3, -0.25) is 4.79 Å². The molecule has 0 spiro atoms. The molecule has 0 aliphatic carbocycles. The fraction of sp³-hybridized carbons (Fsp3) is 0.983. The predicted octanol–water partition coefficient (Wildman–Crippen LogP) is 18.9. The summed E-state index contributed by atoms with van der Waals surface area (Å²) in [5.74, 6) is -0.273. The molecule has 1 amide bonds. The van der Waals surface area contributed by atoms with Crippen LogP contribution in [0.4, 0.5) is 0 Å². The van der Waals surface area contributed by atoms with Gasteiger partial charge in [0.15, 0.2) is 0 Å². The lowest BCUT2D eigenvalue weighted by atomic mass is 10.0. The average Bonchev–Trinajstić information content (AvgIpc) is 3.30. The highest BCUT2D eigenvalue weighted by molar-refractivity contribution is 5.76. The Morgan fingerprint density at radius 3 is 0.738 bits per heavy atom. The second-order valence-electron chi connectivity index (χ2n) is 21.3. The van der Waals surface area contributed by atoms with E-state index in [1.165, 1.54) is 295 Å². The van der Waals surface area contributed by atoms with Crippen LogP contribution in [0.1, 0.15) is 354 Å². The summed E-state index contributed by atoms with van der Waals surface area (Å²) in [5.41, 5.74) is 0. The zero-order chi connectivity index (χ0) is 47.2. The third kappa shape index (κ3) is 52.6. The number of nitrogens with one attached hydrogen (secondary N) is 1. The molecule has 0 aromatic rings. The fourth-order valence-electron chi connectivity index (χ4n) is 10.1. The molecule has 65 heavy (non-hydrogen) atoms. The molecule has 4 N–H and O–H groups in total. The minimum Gasteiger partial charge on any atom is -0.394 e. The van der Waals surface area contributed by atoms with Crippen molar-refractivity contribution in [2.75, 3.05) is 6.61 Å². The van der Waals surface area contributed by atoms with Gasteiger partial charge in [0.1, 0.15) is 0 Å². The lowest BCUT2D eigenvalue weighted by Gasteiger charge is -2.23. The van der Waals surface area contributed by atoms with Gasteiger partial charge in [-0.2, -0.15) is 0 Å². The maximum atomic E-state index is 12.6. The predicted molar refractivity (Wildman–Crippen MR) is 287 cm³/mol. The number of amides is 1. The number of hydrogen-bond acceptors (Lipinski definition) is 4. The molecule has 5 heteroatoms. The number of carbonyl (C=O) groups is 1. The number of unbranched alkanes of at least 4 members (excludes halogenated alkanes) is 48. The largest absolute Gasteiger partial charge is 0.394 e. The first kappa shape index (κ1) is 64.3. The summed E-state index contributed by atoms with van der Waals surface area (Å²) in [7, 11) is 0. The van der Waals surface area contributed by atoms with Gasteiger partial charge >= 0.3 is 0 Å². The van der Waals surface area contributed by atoms with E-state index in [2.05, 4.69) is 19.2 Å². The Hall–Kier alpha value is -0.650. The summed E-state index contributed by atoms with van der Waals surface area (Å²) >= 11 is 0. The van der Waals surface area contributed by atoms with Gasteiger partial charge in [-0.15, -0.1) is 0 Å². The highest BCUT2D eigenvalue weighted by Crippen LogP contribution is 2.19. The standard InChI is InChI=1S/C60H121NO4/c1-3-5-7-9-11-13-15-17-19-21-23-25-27-29-30-31-33-35-37-39-41-43-45-47-49-51-53-57(63)55-60(65)61-58(56-62)59(64)54-52-50-48-46-44-42-40-38-36-34-32-28-26-24-22-20-18-16-14-12-10-8-6-4-2/h57-59,62-64H,3-56H2,1-2H3,(H,61,65). The number of rotatable bonds is 57. The van der Waals surface area contributed by atoms with Gasteiger partial charge in [-0.25, -0.2) is 0 Å². The molecule has 0 fully saturated rings. The maximum Gasteiger partial charge on any atom is 0.222 e. The fourth-order valence-corrected chi connectivity index (χ4v) is 10.1. The Kier molecular flexibility index (Phi) is 55.4. The van der Waals surface area contributed by atoms with Crippen LogP contribution >= 0.6 is 0 Å². The Bertz CT molecular complexity index is 883. The molecule has 3 atom stereocenters. The summed E-state index contributed by atoms with van der Waals surface area (Å²) in [6.45, 7) is 4.32. The van der Waals surface area contributed by atoms with E-state index < -0.39 is 18.2 Å². The molecular weight excluding hydrogens is 799 g/mol. The van der Waals surface area contributed by atoms with Crippen LogP contribution in [0.15, 0.2) is 0 Å². The van der Waals surface area contributed by atoms with E-state index >= 15 is 0 Å². The Morgan fingerprint density at radius 1 is 0.323 bits per heavy atom. The van der Waals surface area contributed by atoms with Crippen molar-refractivity contribution in [2.24, 2.45) is 0 Å². The summed E-state index contributed by atoms with van der Waals surface area (Å²) < 4.78 is 0. The molecule has 5 nitrogen and oxygen atoms in total. The minimum atomic E-state index is -0.746. The van der Waals surface area contributed by atoms with Gasteiger partial charge < -0.3 is 20.6 Å². The normalized spacial score (nSPS) is 13.1. The van der Waals surface area contributed by atoms with Crippen LogP contribution in [0.5, 0.6) is 0 Å². The topological polar surface area (TPSA) is 89.8 Å². The molecule has 0 aliphatic rings. The van der Waals surface area contributed by atoms with E-state index in [-0.39, 0.29) is 18.9 Å². The average molecular weight is 921 g/mol. The quantitative estimate of drug-likeness (QED) is 0.0458. The zero-order valence-corrected chi connectivity index (χ0v) is 44.7. The van der Waals surface area contributed by atoms with E-state index in [4.69, 9.17) is 0 Å². The van der Waals surface area contributed by atoms with Gasteiger partial charge in [-0.05, 0) is 12.8 Å². The summed E-state index contributed by atoms with van der Waals surface area (Å²) in [6, 6.07) is -0.655. The molecule has 0 aromatic heterocycles. The SMILES string of the molecule is CCCCCCCCCCCCCCCCCCCCCCCCCCCCC(O)CC(=O)NC(CO)C(O)CCCCCCCCCCCCCCCCCCCCCCCCCC. The van der Waals surface area contributed by atoms with Crippen molar-refractivity contribution >= 4 is 5.91 Å². The van der Waals surface area contributed by atoms with Crippen LogP contribution in [0.25, 0.3) is 0 Å². The first-order chi connectivity index (χ1) is 32.0. The van der Waals surface area contributed by atoms with Crippen molar-refractivity contribution < 1.29 is 20.1 Å². The number of aliphatic hydroxyl groups is 3. The number of hydrogen-bond donors (Lipinski definition) is 4. The van der Waals surface area contributed by atoms with Crippen LogP contribution in [-0.4, -0.2) is 46.1 Å². The summed E-state index contributed by atoms with van der Waals surface area (Å²) in [5, 5.41) is 33.7. The second-order valence-corrected chi connectivity index (χ2v) is 21.3. The third-order valence-electron chi connectivity index (χ3n) is 14.7. The highest BCUT2D eigenvalue weighted by Gasteiger charge is 2.21. The summed E-state index contributed by atoms with van der Waals surface area (Å²) in [6.07, 6.45) is 68.5. The van der Waals surface area contributed by atoms with Crippen molar-refractivity contribution in [3.8, 4) is 0 Å². The molecule has 0 aliphatic heterocycles. The smallest absolute Gasteiger partial charge is 0.222 e. The van der Waals surface area contributed by atoms with Crippen LogP contribution in [0.2, 0.25) is 0 Å². The molecule has 3 unspecified atom stereocenters. The van der Waals surface area contributed by atoms with E-state index in [0.29, 0.717) is 12.8 Å². The van der Waals surface area contributed by atoms with Crippen molar-refractivity contribution in [3.05, 3.63) is 0 Å². The lowest BCUT2D eigenvalue weighted by Crippen LogP contribution is -2.46. The molecule has 0 bridgehead atoms. The molecular formula is C60H121NO4. The monoisotopic (exact) mass is 920 g/mol. The van der Waals surface area contributed by atoms with Gasteiger partial charge in [0.2, 0.25) is 5.91 Å². The molecule has 0 rings (SSSR count). The van der Waals surface area contributed by atoms with Crippen molar-refractivity contribution in [1.82, 2.24) is 5.32 Å². The molecule has 0 heterocycles. The molecule has 0 radical (unpaired) electrons. The highest BCUT2D eigenvalue weighted by atomic mass is 16.3. The van der Waals surface area contributed by atoms with E-state index in [0.717, 1.165) is 25.7 Å². The summed E-state index contributed by atoms with van der Waals surface area (Å²) in [4.78, 5) is 12.6. The van der Waals surface area contributed by atoms with Crippen LogP contribution in [-0.2, 0) is 4.79 Å². The van der Waals surface area contributed by atoms with Crippen molar-refractivity contribution in [3.63, 3.8) is 0 Å². The number of carbonyl (C=O) groups excluding carboxylic acids is 1. The minimum absolute atomic E-state index is 0.0438. The van der Waals surface area contributed by atoms with E-state index in [1.54, 1.807) is 0 Å². The van der Waals surface area contributed by atoms with Crippen molar-refractivity contribution in [1.29, 1.82) is 0 Å². The molecule has 390 valence electrons. The number of aliphatic hydroxyl groups excluding tert-OH is 3. The Labute approximate surface area is 408 Å². The van der Waals surface area contributed by atoms with Crippen LogP contribution < -0.4 is 5.32 Å². The first-order valence-corrected chi connectivity index (χ1v) is 30.3. The zero-order valence-electron chi connectivity index (χ0n) is 44.7. The Balaban J connectivity index is 3.47. The first-order valence-electron chi connectivity index (χ1n) is 30.3. The van der Waals surface area contributed by atoms with Gasteiger partial charge in [-0.1, -0.05) is 335 Å². The van der Waals surface area contributed by atoms with Gasteiger partial charge in [0.25, 0.3) is 0 Å².